The first-order chi connectivity index (χ1) is 12.2. The van der Waals surface area contributed by atoms with Gasteiger partial charge in [-0.2, -0.15) is 0 Å². The predicted molar refractivity (Wildman–Crippen MR) is 98.0 cm³/mol. The molecule has 0 fully saturated rings. The van der Waals surface area contributed by atoms with E-state index in [2.05, 4.69) is 5.32 Å². The van der Waals surface area contributed by atoms with Gasteiger partial charge in [0.05, 0.1) is 6.61 Å². The first-order valence-electron chi connectivity index (χ1n) is 8.58. The summed E-state index contributed by atoms with van der Waals surface area (Å²) in [4.78, 5) is 26.5. The van der Waals surface area contributed by atoms with Gasteiger partial charge in [-0.1, -0.05) is 18.2 Å². The lowest BCUT2D eigenvalue weighted by atomic mass is 10.0. The molecule has 5 nitrogen and oxygen atoms in total. The zero-order valence-electron chi connectivity index (χ0n) is 14.3. The summed E-state index contributed by atoms with van der Waals surface area (Å²) in [6, 6.07) is 15.0. The van der Waals surface area contributed by atoms with Gasteiger partial charge in [0, 0.05) is 17.9 Å². The van der Waals surface area contributed by atoms with Gasteiger partial charge in [-0.25, -0.2) is 0 Å². The molecule has 0 aliphatic carbocycles. The van der Waals surface area contributed by atoms with Gasteiger partial charge in [0.15, 0.2) is 0 Å². The molecular weight excluding hydrogens is 316 g/mol. The molecule has 2 aromatic carbocycles. The smallest absolute Gasteiger partial charge is 0.236 e. The van der Waals surface area contributed by atoms with E-state index in [4.69, 9.17) is 4.74 Å². The van der Waals surface area contributed by atoms with E-state index in [0.717, 1.165) is 29.8 Å². The average Bonchev–Trinajstić information content (AvgIpc) is 2.63. The third-order valence-corrected chi connectivity index (χ3v) is 4.17. The SMILES string of the molecule is CCOc1ccc(NC(=O)CC(=O)N2CCCc3ccccc32)cc1. The molecule has 1 aliphatic rings. The van der Waals surface area contributed by atoms with E-state index in [9.17, 15) is 9.59 Å². The molecule has 0 saturated heterocycles. The number of hydrogen-bond donors (Lipinski definition) is 1. The van der Waals surface area contributed by atoms with E-state index in [0.29, 0.717) is 18.8 Å². The predicted octanol–water partition coefficient (Wildman–Crippen LogP) is 3.39. The standard InChI is InChI=1S/C20H22N2O3/c1-2-25-17-11-9-16(10-12-17)21-19(23)14-20(24)22-13-5-7-15-6-3-4-8-18(15)22/h3-4,6,8-12H,2,5,7,13-14H2,1H3,(H,21,23). The van der Waals surface area contributed by atoms with Gasteiger partial charge >= 0.3 is 0 Å². The number of aryl methyl sites for hydroxylation is 1. The van der Waals surface area contributed by atoms with Gasteiger partial charge in [-0.05, 0) is 55.7 Å². The van der Waals surface area contributed by atoms with Crippen LogP contribution in [0.15, 0.2) is 48.5 Å². The van der Waals surface area contributed by atoms with Crippen LogP contribution in [0, 0.1) is 0 Å². The Morgan fingerprint density at radius 3 is 2.64 bits per heavy atom. The second-order valence-electron chi connectivity index (χ2n) is 5.96. The molecule has 0 saturated carbocycles. The zero-order chi connectivity index (χ0) is 17.6. The fourth-order valence-corrected chi connectivity index (χ4v) is 3.03. The lowest BCUT2D eigenvalue weighted by molar-refractivity contribution is -0.125. The first-order valence-corrected chi connectivity index (χ1v) is 8.58. The largest absolute Gasteiger partial charge is 0.494 e. The minimum absolute atomic E-state index is 0.165. The number of carbonyl (C=O) groups is 2. The minimum atomic E-state index is -0.308. The highest BCUT2D eigenvalue weighted by Crippen LogP contribution is 2.27. The van der Waals surface area contributed by atoms with Gasteiger partial charge in [0.25, 0.3) is 0 Å². The molecule has 0 bridgehead atoms. The third kappa shape index (κ3) is 4.18. The molecule has 1 N–H and O–H groups in total. The van der Waals surface area contributed by atoms with Crippen molar-refractivity contribution in [1.29, 1.82) is 0 Å². The first kappa shape index (κ1) is 17.0. The second kappa shape index (κ2) is 7.83. The number of fused-ring (bicyclic) bond motifs is 1. The summed E-state index contributed by atoms with van der Waals surface area (Å²) < 4.78 is 5.37. The molecule has 3 rings (SSSR count). The normalized spacial score (nSPS) is 13.1. The summed E-state index contributed by atoms with van der Waals surface area (Å²) in [5.74, 6) is 0.273. The Kier molecular flexibility index (Phi) is 5.33. The quantitative estimate of drug-likeness (QED) is 0.850. The number of nitrogens with zero attached hydrogens (tertiary/aromatic N) is 1. The van der Waals surface area contributed by atoms with E-state index in [1.165, 1.54) is 0 Å². The number of carbonyl (C=O) groups excluding carboxylic acids is 2. The molecule has 0 unspecified atom stereocenters. The summed E-state index contributed by atoms with van der Waals surface area (Å²) in [6.45, 7) is 3.17. The molecule has 1 heterocycles. The van der Waals surface area contributed by atoms with E-state index < -0.39 is 0 Å². The maximum absolute atomic E-state index is 12.5. The highest BCUT2D eigenvalue weighted by Gasteiger charge is 2.23. The molecule has 130 valence electrons. The monoisotopic (exact) mass is 338 g/mol. The van der Waals surface area contributed by atoms with Crippen molar-refractivity contribution < 1.29 is 14.3 Å². The Hall–Kier alpha value is -2.82. The van der Waals surface area contributed by atoms with Crippen LogP contribution >= 0.6 is 0 Å². The van der Waals surface area contributed by atoms with Crippen LogP contribution in [-0.2, 0) is 16.0 Å². The summed E-state index contributed by atoms with van der Waals surface area (Å²) in [7, 11) is 0. The number of ether oxygens (including phenoxy) is 1. The average molecular weight is 338 g/mol. The molecule has 5 heteroatoms. The Labute approximate surface area is 147 Å². The minimum Gasteiger partial charge on any atom is -0.494 e. The van der Waals surface area contributed by atoms with Gasteiger partial charge in [-0.15, -0.1) is 0 Å². The topological polar surface area (TPSA) is 58.6 Å². The zero-order valence-corrected chi connectivity index (χ0v) is 14.3. The van der Waals surface area contributed by atoms with Crippen LogP contribution in [0.1, 0.15) is 25.3 Å². The van der Waals surface area contributed by atoms with Crippen molar-refractivity contribution >= 4 is 23.2 Å². The molecule has 0 aromatic heterocycles. The summed E-state index contributed by atoms with van der Waals surface area (Å²) >= 11 is 0. The molecule has 25 heavy (non-hydrogen) atoms. The van der Waals surface area contributed by atoms with Crippen LogP contribution in [0.2, 0.25) is 0 Å². The number of anilines is 2. The third-order valence-electron chi connectivity index (χ3n) is 4.17. The van der Waals surface area contributed by atoms with Gasteiger partial charge < -0.3 is 15.0 Å². The fraction of sp³-hybridized carbons (Fsp3) is 0.300. The fourth-order valence-electron chi connectivity index (χ4n) is 3.03. The van der Waals surface area contributed by atoms with Crippen molar-refractivity contribution in [1.82, 2.24) is 0 Å². The summed E-state index contributed by atoms with van der Waals surface area (Å²) in [6.07, 6.45) is 1.73. The van der Waals surface area contributed by atoms with E-state index in [1.807, 2.05) is 31.2 Å². The number of benzene rings is 2. The molecule has 1 aliphatic heterocycles. The van der Waals surface area contributed by atoms with E-state index in [-0.39, 0.29) is 18.2 Å². The second-order valence-corrected chi connectivity index (χ2v) is 5.96. The summed E-state index contributed by atoms with van der Waals surface area (Å²) in [5, 5.41) is 2.76. The Morgan fingerprint density at radius 1 is 1.12 bits per heavy atom. The number of amides is 2. The van der Waals surface area contributed by atoms with Crippen LogP contribution in [0.3, 0.4) is 0 Å². The highest BCUT2D eigenvalue weighted by atomic mass is 16.5. The lowest BCUT2D eigenvalue weighted by Gasteiger charge is -2.29. The number of rotatable bonds is 5. The van der Waals surface area contributed by atoms with Crippen molar-refractivity contribution in [3.05, 3.63) is 54.1 Å². The van der Waals surface area contributed by atoms with Gasteiger partial charge in [0.2, 0.25) is 11.8 Å². The summed E-state index contributed by atoms with van der Waals surface area (Å²) in [5.41, 5.74) is 2.74. The lowest BCUT2D eigenvalue weighted by Crippen LogP contribution is -2.37. The van der Waals surface area contributed by atoms with Crippen molar-refractivity contribution in [2.75, 3.05) is 23.4 Å². The number of nitrogens with one attached hydrogen (secondary N) is 1. The maximum Gasteiger partial charge on any atom is 0.236 e. The Balaban J connectivity index is 1.60. The maximum atomic E-state index is 12.5. The van der Waals surface area contributed by atoms with Crippen LogP contribution in [0.25, 0.3) is 0 Å². The number of hydrogen-bond acceptors (Lipinski definition) is 3. The van der Waals surface area contributed by atoms with Gasteiger partial charge in [0.1, 0.15) is 12.2 Å². The van der Waals surface area contributed by atoms with E-state index in [1.54, 1.807) is 29.2 Å². The van der Waals surface area contributed by atoms with Crippen molar-refractivity contribution in [3.63, 3.8) is 0 Å². The van der Waals surface area contributed by atoms with Crippen LogP contribution in [0.4, 0.5) is 11.4 Å². The molecule has 2 amide bonds. The Bertz CT molecular complexity index is 756. The van der Waals surface area contributed by atoms with Crippen LogP contribution in [0.5, 0.6) is 5.75 Å². The molecule has 0 atom stereocenters. The highest BCUT2D eigenvalue weighted by molar-refractivity contribution is 6.09. The molecule has 0 spiro atoms. The van der Waals surface area contributed by atoms with E-state index >= 15 is 0 Å². The van der Waals surface area contributed by atoms with Crippen LogP contribution in [-0.4, -0.2) is 25.0 Å². The molecular formula is C20H22N2O3. The van der Waals surface area contributed by atoms with Crippen molar-refractivity contribution in [3.8, 4) is 5.75 Å². The van der Waals surface area contributed by atoms with Gasteiger partial charge in [-0.3, -0.25) is 9.59 Å². The molecule has 2 aromatic rings. The molecule has 0 radical (unpaired) electrons. The number of para-hydroxylation sites is 1. The van der Waals surface area contributed by atoms with Crippen LogP contribution < -0.4 is 15.0 Å². The van der Waals surface area contributed by atoms with Crippen molar-refractivity contribution in [2.45, 2.75) is 26.2 Å². The van der Waals surface area contributed by atoms with Crippen molar-refractivity contribution in [2.24, 2.45) is 0 Å². The Morgan fingerprint density at radius 2 is 1.88 bits per heavy atom.